The lowest BCUT2D eigenvalue weighted by Crippen LogP contribution is -2.28. The molecule has 36 heavy (non-hydrogen) atoms. The predicted octanol–water partition coefficient (Wildman–Crippen LogP) is 5.83. The monoisotopic (exact) mass is 560 g/mol. The van der Waals surface area contributed by atoms with Crippen molar-refractivity contribution in [3.05, 3.63) is 57.6 Å². The van der Waals surface area contributed by atoms with Crippen molar-refractivity contribution in [3.63, 3.8) is 0 Å². The molecule has 198 valence electrons. The largest absolute Gasteiger partial charge is 0.488 e. The van der Waals surface area contributed by atoms with Gasteiger partial charge in [-0.05, 0) is 35.4 Å². The lowest BCUT2D eigenvalue weighted by atomic mass is 9.78. The molecule has 0 saturated heterocycles. The first-order chi connectivity index (χ1) is 17.0. The fraction of sp³-hybridized carbons (Fsp3) is 0.462. The summed E-state index contributed by atoms with van der Waals surface area (Å²) in [6, 6.07) is 11.0. The molecule has 0 bridgehead atoms. The van der Waals surface area contributed by atoms with Crippen LogP contribution in [0.1, 0.15) is 38.8 Å². The van der Waals surface area contributed by atoms with Crippen molar-refractivity contribution in [2.24, 2.45) is 0 Å². The van der Waals surface area contributed by atoms with Crippen molar-refractivity contribution in [3.8, 4) is 11.5 Å². The third-order valence-electron chi connectivity index (χ3n) is 5.35. The van der Waals surface area contributed by atoms with E-state index in [4.69, 9.17) is 58.5 Å². The summed E-state index contributed by atoms with van der Waals surface area (Å²) in [5.74, 6) is 0.190. The molecule has 0 amide bonds. The maximum absolute atomic E-state index is 11.3. The second-order valence-electron chi connectivity index (χ2n) is 8.61. The molecule has 0 aromatic heterocycles. The topological polar surface area (TPSA) is 80.3 Å². The summed E-state index contributed by atoms with van der Waals surface area (Å²) in [4.78, 5) is 22.4. The highest BCUT2D eigenvalue weighted by Gasteiger charge is 2.26. The maximum Gasteiger partial charge on any atom is 0.303 e. The molecule has 0 saturated carbocycles. The number of methoxy groups -OCH3 is 1. The average Bonchev–Trinajstić information content (AvgIpc) is 2.80. The zero-order valence-electron chi connectivity index (χ0n) is 20.9. The molecular weight excluding hydrogens is 531 g/mol. The Kier molecular flexibility index (Phi) is 11.6. The van der Waals surface area contributed by atoms with E-state index in [9.17, 15) is 9.59 Å². The van der Waals surface area contributed by atoms with Gasteiger partial charge in [-0.3, -0.25) is 9.59 Å². The summed E-state index contributed by atoms with van der Waals surface area (Å²) in [6.07, 6.45) is -1.12. The first kappa shape index (κ1) is 30.0. The molecule has 0 aliphatic carbocycles. The summed E-state index contributed by atoms with van der Waals surface area (Å²) < 4.78 is 26.8. The highest BCUT2D eigenvalue weighted by Crippen LogP contribution is 2.38. The van der Waals surface area contributed by atoms with E-state index in [1.807, 2.05) is 38.1 Å². The van der Waals surface area contributed by atoms with Gasteiger partial charge in [0.15, 0.2) is 6.10 Å². The Morgan fingerprint density at radius 1 is 0.806 bits per heavy atom. The molecule has 2 atom stereocenters. The van der Waals surface area contributed by atoms with E-state index in [1.165, 1.54) is 21.0 Å². The number of halogens is 3. The second kappa shape index (κ2) is 13.9. The molecule has 7 nitrogen and oxygen atoms in total. The third kappa shape index (κ3) is 8.73. The second-order valence-corrected chi connectivity index (χ2v) is 9.73. The van der Waals surface area contributed by atoms with E-state index >= 15 is 0 Å². The number of carbonyl (C=O) groups excluding carboxylic acids is 2. The first-order valence-corrected chi connectivity index (χ1v) is 12.5. The van der Waals surface area contributed by atoms with Gasteiger partial charge in [-0.15, -0.1) is 11.6 Å². The van der Waals surface area contributed by atoms with Crippen LogP contribution in [0.5, 0.6) is 11.5 Å². The average molecular weight is 562 g/mol. The molecule has 10 heteroatoms. The van der Waals surface area contributed by atoms with Gasteiger partial charge in [0.05, 0.1) is 22.5 Å². The Morgan fingerprint density at radius 2 is 1.25 bits per heavy atom. The number of alkyl halides is 1. The van der Waals surface area contributed by atoms with E-state index in [0.717, 1.165) is 11.1 Å². The normalized spacial score (nSPS) is 13.0. The van der Waals surface area contributed by atoms with Crippen molar-refractivity contribution < 1.29 is 33.3 Å². The molecule has 2 aromatic rings. The van der Waals surface area contributed by atoms with Crippen LogP contribution in [0.15, 0.2) is 36.4 Å². The zero-order valence-corrected chi connectivity index (χ0v) is 23.2. The van der Waals surface area contributed by atoms with E-state index in [1.54, 1.807) is 12.1 Å². The minimum Gasteiger partial charge on any atom is -0.488 e. The van der Waals surface area contributed by atoms with Crippen LogP contribution in [0.25, 0.3) is 0 Å². The van der Waals surface area contributed by atoms with E-state index in [0.29, 0.717) is 21.5 Å². The van der Waals surface area contributed by atoms with Crippen LogP contribution in [0.2, 0.25) is 10.0 Å². The quantitative estimate of drug-likeness (QED) is 0.225. The fourth-order valence-corrected chi connectivity index (χ4v) is 4.05. The molecule has 0 heterocycles. The maximum atomic E-state index is 11.3. The van der Waals surface area contributed by atoms with Gasteiger partial charge >= 0.3 is 11.9 Å². The van der Waals surface area contributed by atoms with Gasteiger partial charge in [0.25, 0.3) is 0 Å². The van der Waals surface area contributed by atoms with Crippen LogP contribution in [0.3, 0.4) is 0 Å². The Hall–Kier alpha value is -2.19. The minimum atomic E-state index is -0.571. The predicted molar refractivity (Wildman–Crippen MR) is 140 cm³/mol. The lowest BCUT2D eigenvalue weighted by molar-refractivity contribution is -0.150. The SMILES string of the molecule is COC[C@H](COc1ccc(C(C)(C)c2ccc(OC[C@@H](CCl)OC(C)=O)c(Cl)c2)cc1Cl)OC(C)=O. The summed E-state index contributed by atoms with van der Waals surface area (Å²) in [5, 5.41) is 0.834. The Balaban J connectivity index is 2.13. The molecule has 0 radical (unpaired) electrons. The van der Waals surface area contributed by atoms with Crippen LogP contribution in [0, 0.1) is 0 Å². The Labute approximate surface area is 226 Å². The molecule has 2 rings (SSSR count). The molecular formula is C26H31Cl3O7. The van der Waals surface area contributed by atoms with Gasteiger partial charge in [0.1, 0.15) is 30.8 Å². The number of benzene rings is 2. The molecule has 0 N–H and O–H groups in total. The van der Waals surface area contributed by atoms with Crippen LogP contribution in [0.4, 0.5) is 0 Å². The molecule has 0 unspecified atom stereocenters. The Morgan fingerprint density at radius 3 is 1.64 bits per heavy atom. The number of esters is 2. The van der Waals surface area contributed by atoms with Gasteiger partial charge in [-0.1, -0.05) is 49.2 Å². The zero-order chi connectivity index (χ0) is 26.9. The van der Waals surface area contributed by atoms with Crippen molar-refractivity contribution in [2.45, 2.75) is 45.3 Å². The number of hydrogen-bond acceptors (Lipinski definition) is 7. The van der Waals surface area contributed by atoms with Crippen LogP contribution in [-0.2, 0) is 29.2 Å². The van der Waals surface area contributed by atoms with E-state index in [2.05, 4.69) is 0 Å². The van der Waals surface area contributed by atoms with E-state index < -0.39 is 29.6 Å². The molecule has 0 fully saturated rings. The van der Waals surface area contributed by atoms with Crippen LogP contribution < -0.4 is 9.47 Å². The van der Waals surface area contributed by atoms with Gasteiger partial charge in [-0.25, -0.2) is 0 Å². The van der Waals surface area contributed by atoms with Crippen molar-refractivity contribution in [2.75, 3.05) is 32.8 Å². The van der Waals surface area contributed by atoms with Crippen molar-refractivity contribution >= 4 is 46.7 Å². The van der Waals surface area contributed by atoms with Crippen molar-refractivity contribution in [1.82, 2.24) is 0 Å². The van der Waals surface area contributed by atoms with Gasteiger partial charge in [0, 0.05) is 26.4 Å². The summed E-state index contributed by atoms with van der Waals surface area (Å²) in [6.45, 7) is 7.14. The summed E-state index contributed by atoms with van der Waals surface area (Å²) in [5.41, 5.74) is 1.43. The molecule has 2 aromatic carbocycles. The molecule has 0 aliphatic heterocycles. The highest BCUT2D eigenvalue weighted by atomic mass is 35.5. The summed E-state index contributed by atoms with van der Waals surface area (Å²) >= 11 is 18.8. The number of carbonyl (C=O) groups is 2. The number of rotatable bonds is 13. The molecule has 0 aliphatic rings. The molecule has 0 spiro atoms. The number of ether oxygens (including phenoxy) is 5. The highest BCUT2D eigenvalue weighted by molar-refractivity contribution is 6.32. The lowest BCUT2D eigenvalue weighted by Gasteiger charge is -2.27. The summed E-state index contributed by atoms with van der Waals surface area (Å²) in [7, 11) is 1.52. The van der Waals surface area contributed by atoms with Crippen LogP contribution >= 0.6 is 34.8 Å². The fourth-order valence-electron chi connectivity index (χ4n) is 3.43. The van der Waals surface area contributed by atoms with Gasteiger partial charge in [0.2, 0.25) is 0 Å². The number of hydrogen-bond donors (Lipinski definition) is 0. The minimum absolute atomic E-state index is 0.0886. The standard InChI is InChI=1S/C26H31Cl3O7/c1-16(30)35-20(12-27)14-33-24-8-6-18(10-22(24)28)26(3,4)19-7-9-25(23(29)11-19)34-15-21(13-32-5)36-17(2)31/h6-11,20-21H,12-15H2,1-5H3/t20-,21-/m1/s1. The third-order valence-corrected chi connectivity index (χ3v) is 6.28. The first-order valence-electron chi connectivity index (χ1n) is 11.2. The smallest absolute Gasteiger partial charge is 0.303 e. The van der Waals surface area contributed by atoms with Crippen molar-refractivity contribution in [1.29, 1.82) is 0 Å². The Bertz CT molecular complexity index is 1040. The van der Waals surface area contributed by atoms with E-state index in [-0.39, 0.29) is 25.7 Å². The van der Waals surface area contributed by atoms with Gasteiger partial charge in [-0.2, -0.15) is 0 Å². The van der Waals surface area contributed by atoms with Gasteiger partial charge < -0.3 is 23.7 Å². The van der Waals surface area contributed by atoms with Crippen LogP contribution in [-0.4, -0.2) is 57.0 Å².